The molecule has 0 radical (unpaired) electrons. The van der Waals surface area contributed by atoms with Gasteiger partial charge in [0.25, 0.3) is 5.91 Å². The number of amides is 1. The van der Waals surface area contributed by atoms with Crippen LogP contribution < -0.4 is 5.32 Å². The van der Waals surface area contributed by atoms with E-state index in [1.807, 2.05) is 49.6 Å². The van der Waals surface area contributed by atoms with Gasteiger partial charge in [0.1, 0.15) is 0 Å². The van der Waals surface area contributed by atoms with E-state index in [1.54, 1.807) is 29.9 Å². The van der Waals surface area contributed by atoms with Gasteiger partial charge in [-0.1, -0.05) is 30.3 Å². The van der Waals surface area contributed by atoms with Gasteiger partial charge in [0, 0.05) is 46.9 Å². The molecule has 0 aliphatic heterocycles. The molecule has 1 amide bonds. The van der Waals surface area contributed by atoms with Crippen molar-refractivity contribution in [3.05, 3.63) is 70.4 Å². The first-order valence-corrected chi connectivity index (χ1v) is 8.72. The van der Waals surface area contributed by atoms with Crippen LogP contribution in [0.5, 0.6) is 0 Å². The van der Waals surface area contributed by atoms with Crippen LogP contribution in [-0.2, 0) is 6.42 Å². The normalized spacial score (nSPS) is 11.9. The molecule has 0 unspecified atom stereocenters. The van der Waals surface area contributed by atoms with Gasteiger partial charge in [0.15, 0.2) is 0 Å². The molecule has 3 rings (SSSR count). The van der Waals surface area contributed by atoms with Crippen molar-refractivity contribution in [2.45, 2.75) is 26.3 Å². The van der Waals surface area contributed by atoms with Crippen molar-refractivity contribution in [1.29, 1.82) is 0 Å². The van der Waals surface area contributed by atoms with Crippen molar-refractivity contribution in [2.24, 2.45) is 0 Å². The minimum absolute atomic E-state index is 0.0157. The zero-order chi connectivity index (χ0) is 16.9. The maximum atomic E-state index is 12.7. The van der Waals surface area contributed by atoms with Gasteiger partial charge in [0.2, 0.25) is 0 Å². The van der Waals surface area contributed by atoms with Gasteiger partial charge >= 0.3 is 0 Å². The summed E-state index contributed by atoms with van der Waals surface area (Å²) in [5, 5.41) is 5.00. The highest BCUT2D eigenvalue weighted by Gasteiger charge is 2.18. The number of carbonyl (C=O) groups is 1. The molecule has 0 spiro atoms. The molecular formula is C19H19N3OS. The molecule has 1 atom stereocenters. The van der Waals surface area contributed by atoms with Gasteiger partial charge in [-0.3, -0.25) is 14.8 Å². The molecular weight excluding hydrogens is 318 g/mol. The molecule has 0 bridgehead atoms. The topological polar surface area (TPSA) is 54.9 Å². The lowest BCUT2D eigenvalue weighted by molar-refractivity contribution is 0.0941. The van der Waals surface area contributed by atoms with Gasteiger partial charge in [-0.15, -0.1) is 11.3 Å². The Morgan fingerprint density at radius 3 is 2.75 bits per heavy atom. The Balaban J connectivity index is 1.76. The first kappa shape index (κ1) is 16.3. The van der Waals surface area contributed by atoms with Crippen LogP contribution in [0.25, 0.3) is 11.1 Å². The molecule has 2 heterocycles. The zero-order valence-electron chi connectivity index (χ0n) is 13.7. The van der Waals surface area contributed by atoms with Gasteiger partial charge < -0.3 is 5.32 Å². The standard InChI is InChI=1S/C19H19N3OS/c1-13(10-16-11-20-8-9-21-16)22-19(23)17-12-24-14(2)18(17)15-6-4-3-5-7-15/h3-9,11-13H,10H2,1-2H3,(H,22,23)/t13-/m0/s1. The summed E-state index contributed by atoms with van der Waals surface area (Å²) in [6.45, 7) is 4.03. The Kier molecular flexibility index (Phi) is 5.01. The third kappa shape index (κ3) is 3.68. The fraction of sp³-hybridized carbons (Fsp3) is 0.211. The average Bonchev–Trinajstić information content (AvgIpc) is 2.98. The highest BCUT2D eigenvalue weighted by atomic mass is 32.1. The van der Waals surface area contributed by atoms with Crippen LogP contribution in [-0.4, -0.2) is 21.9 Å². The number of nitrogens with one attached hydrogen (secondary N) is 1. The Hall–Kier alpha value is -2.53. The molecule has 1 aromatic carbocycles. The predicted octanol–water partition coefficient (Wildman–Crippen LogP) is 3.87. The van der Waals surface area contributed by atoms with Crippen molar-refractivity contribution in [1.82, 2.24) is 15.3 Å². The maximum Gasteiger partial charge on any atom is 0.252 e. The Morgan fingerprint density at radius 1 is 1.25 bits per heavy atom. The number of benzene rings is 1. The molecule has 0 saturated carbocycles. The molecule has 2 aromatic heterocycles. The predicted molar refractivity (Wildman–Crippen MR) is 97.2 cm³/mol. The number of carbonyl (C=O) groups excluding carboxylic acids is 1. The van der Waals surface area contributed by atoms with Gasteiger partial charge in [0.05, 0.1) is 11.3 Å². The number of rotatable bonds is 5. The number of hydrogen-bond donors (Lipinski definition) is 1. The molecule has 5 heteroatoms. The number of nitrogens with zero attached hydrogens (tertiary/aromatic N) is 2. The summed E-state index contributed by atoms with van der Waals surface area (Å²) >= 11 is 1.60. The summed E-state index contributed by atoms with van der Waals surface area (Å²) in [5.41, 5.74) is 3.69. The van der Waals surface area contributed by atoms with E-state index >= 15 is 0 Å². The minimum atomic E-state index is -0.0467. The van der Waals surface area contributed by atoms with Crippen LogP contribution in [0.15, 0.2) is 54.3 Å². The summed E-state index contributed by atoms with van der Waals surface area (Å²) in [7, 11) is 0. The quantitative estimate of drug-likeness (QED) is 0.769. The Morgan fingerprint density at radius 2 is 2.04 bits per heavy atom. The van der Waals surface area contributed by atoms with Crippen LogP contribution in [0.4, 0.5) is 0 Å². The second kappa shape index (κ2) is 7.36. The summed E-state index contributed by atoms with van der Waals surface area (Å²) in [6.07, 6.45) is 5.70. The van der Waals surface area contributed by atoms with Crippen molar-refractivity contribution < 1.29 is 4.79 Å². The van der Waals surface area contributed by atoms with E-state index in [-0.39, 0.29) is 11.9 Å². The Bertz CT molecular complexity index is 815. The highest BCUT2D eigenvalue weighted by Crippen LogP contribution is 2.32. The van der Waals surface area contributed by atoms with Gasteiger partial charge in [-0.25, -0.2) is 0 Å². The molecule has 4 nitrogen and oxygen atoms in total. The molecule has 1 N–H and O–H groups in total. The SMILES string of the molecule is Cc1scc(C(=O)N[C@@H](C)Cc2cnccn2)c1-c1ccccc1. The van der Waals surface area contributed by atoms with E-state index in [1.165, 1.54) is 0 Å². The molecule has 0 fully saturated rings. The van der Waals surface area contributed by atoms with Crippen LogP contribution >= 0.6 is 11.3 Å². The van der Waals surface area contributed by atoms with Gasteiger partial charge in [-0.2, -0.15) is 0 Å². The van der Waals surface area contributed by atoms with E-state index in [2.05, 4.69) is 15.3 Å². The monoisotopic (exact) mass is 337 g/mol. The van der Waals surface area contributed by atoms with Crippen molar-refractivity contribution in [3.63, 3.8) is 0 Å². The van der Waals surface area contributed by atoms with Crippen LogP contribution in [0.2, 0.25) is 0 Å². The zero-order valence-corrected chi connectivity index (χ0v) is 14.5. The summed E-state index contributed by atoms with van der Waals surface area (Å²) in [5.74, 6) is -0.0467. The van der Waals surface area contributed by atoms with E-state index in [0.717, 1.165) is 27.3 Å². The maximum absolute atomic E-state index is 12.7. The van der Waals surface area contributed by atoms with E-state index in [4.69, 9.17) is 0 Å². The highest BCUT2D eigenvalue weighted by molar-refractivity contribution is 7.10. The number of hydrogen-bond acceptors (Lipinski definition) is 4. The lowest BCUT2D eigenvalue weighted by Gasteiger charge is -2.14. The first-order valence-electron chi connectivity index (χ1n) is 7.84. The first-order chi connectivity index (χ1) is 11.6. The van der Waals surface area contributed by atoms with Crippen LogP contribution in [0, 0.1) is 6.92 Å². The molecule has 122 valence electrons. The van der Waals surface area contributed by atoms with E-state index < -0.39 is 0 Å². The van der Waals surface area contributed by atoms with E-state index in [9.17, 15) is 4.79 Å². The smallest absolute Gasteiger partial charge is 0.252 e. The molecule has 3 aromatic rings. The minimum Gasteiger partial charge on any atom is -0.349 e. The molecule has 24 heavy (non-hydrogen) atoms. The Labute approximate surface area is 145 Å². The average molecular weight is 337 g/mol. The molecule has 0 saturated heterocycles. The second-order valence-electron chi connectivity index (χ2n) is 5.72. The fourth-order valence-electron chi connectivity index (χ4n) is 2.69. The summed E-state index contributed by atoms with van der Waals surface area (Å²) in [6, 6.07) is 10.0. The van der Waals surface area contributed by atoms with Crippen molar-refractivity contribution in [3.8, 4) is 11.1 Å². The summed E-state index contributed by atoms with van der Waals surface area (Å²) in [4.78, 5) is 22.2. The largest absolute Gasteiger partial charge is 0.349 e. The fourth-order valence-corrected chi connectivity index (χ4v) is 3.55. The third-order valence-electron chi connectivity index (χ3n) is 3.79. The lowest BCUT2D eigenvalue weighted by Crippen LogP contribution is -2.34. The van der Waals surface area contributed by atoms with Gasteiger partial charge in [-0.05, 0) is 19.4 Å². The van der Waals surface area contributed by atoms with Crippen molar-refractivity contribution >= 4 is 17.2 Å². The van der Waals surface area contributed by atoms with Crippen LogP contribution in [0.1, 0.15) is 27.9 Å². The van der Waals surface area contributed by atoms with Crippen LogP contribution in [0.3, 0.4) is 0 Å². The number of thiophene rings is 1. The third-order valence-corrected chi connectivity index (χ3v) is 4.70. The van der Waals surface area contributed by atoms with Crippen molar-refractivity contribution in [2.75, 3.05) is 0 Å². The number of aryl methyl sites for hydroxylation is 1. The molecule has 0 aliphatic rings. The number of aromatic nitrogens is 2. The van der Waals surface area contributed by atoms with E-state index in [0.29, 0.717) is 6.42 Å². The lowest BCUT2D eigenvalue weighted by atomic mass is 10.0. The molecule has 0 aliphatic carbocycles. The second-order valence-corrected chi connectivity index (χ2v) is 6.81. The summed E-state index contributed by atoms with van der Waals surface area (Å²) < 4.78 is 0.